The van der Waals surface area contributed by atoms with Crippen molar-refractivity contribution in [3.8, 4) is 0 Å². The fraction of sp³-hybridized carbons (Fsp3) is 0.308. The lowest BCUT2D eigenvalue weighted by Gasteiger charge is -2.06. The molecule has 1 aromatic heterocycles. The van der Waals surface area contributed by atoms with Crippen LogP contribution in [0.25, 0.3) is 10.9 Å². The second-order valence-electron chi connectivity index (χ2n) is 4.79. The van der Waals surface area contributed by atoms with Gasteiger partial charge in [0.1, 0.15) is 0 Å². The van der Waals surface area contributed by atoms with Crippen molar-refractivity contribution >= 4 is 28.5 Å². The van der Waals surface area contributed by atoms with Crippen LogP contribution in [-0.2, 0) is 11.2 Å². The zero-order chi connectivity index (χ0) is 12.0. The third kappa shape index (κ3) is 1.80. The van der Waals surface area contributed by atoms with Crippen LogP contribution in [0.1, 0.15) is 18.5 Å². The topological polar surface area (TPSA) is 53.1 Å². The average molecular weight is 250 g/mol. The quantitative estimate of drug-likeness (QED) is 0.878. The summed E-state index contributed by atoms with van der Waals surface area (Å²) in [6.07, 6.45) is 2.13. The van der Waals surface area contributed by atoms with Gasteiger partial charge in [0.15, 0.2) is 0 Å². The summed E-state index contributed by atoms with van der Waals surface area (Å²) >= 11 is 5.92. The fourth-order valence-corrected chi connectivity index (χ4v) is 2.42. The number of carboxylic acid groups (broad SMARTS) is 1. The minimum Gasteiger partial charge on any atom is -0.481 e. The van der Waals surface area contributed by atoms with Crippen LogP contribution in [0, 0.1) is 5.41 Å². The number of hydrogen-bond donors (Lipinski definition) is 2. The van der Waals surface area contributed by atoms with Crippen molar-refractivity contribution in [3.63, 3.8) is 0 Å². The molecule has 4 heteroatoms. The Labute approximate surface area is 103 Å². The highest BCUT2D eigenvalue weighted by Gasteiger charge is 2.50. The molecule has 17 heavy (non-hydrogen) atoms. The molecule has 1 aromatic carbocycles. The second-order valence-corrected chi connectivity index (χ2v) is 5.22. The minimum atomic E-state index is -0.686. The van der Waals surface area contributed by atoms with Crippen LogP contribution in [0.4, 0.5) is 0 Å². The van der Waals surface area contributed by atoms with Gasteiger partial charge in [-0.1, -0.05) is 11.6 Å². The Morgan fingerprint density at radius 3 is 2.82 bits per heavy atom. The molecule has 0 radical (unpaired) electrons. The minimum absolute atomic E-state index is 0.523. The van der Waals surface area contributed by atoms with Crippen molar-refractivity contribution in [2.45, 2.75) is 19.3 Å². The highest BCUT2D eigenvalue weighted by Crippen LogP contribution is 2.48. The number of fused-ring (bicyclic) bond motifs is 1. The summed E-state index contributed by atoms with van der Waals surface area (Å²) in [6.45, 7) is 0. The van der Waals surface area contributed by atoms with Gasteiger partial charge in [-0.05, 0) is 37.1 Å². The number of aromatic nitrogens is 1. The van der Waals surface area contributed by atoms with Crippen molar-refractivity contribution in [3.05, 3.63) is 35.0 Å². The zero-order valence-corrected chi connectivity index (χ0v) is 9.92. The molecule has 3 nitrogen and oxygen atoms in total. The molecule has 1 fully saturated rings. The summed E-state index contributed by atoms with van der Waals surface area (Å²) in [5, 5.41) is 10.9. The number of carbonyl (C=O) groups is 1. The predicted octanol–water partition coefficient (Wildman–Crippen LogP) is 3.23. The molecule has 88 valence electrons. The molecule has 1 heterocycles. The number of H-pyrrole nitrogens is 1. The molecule has 0 saturated heterocycles. The van der Waals surface area contributed by atoms with Crippen molar-refractivity contribution in [2.75, 3.05) is 0 Å². The maximum Gasteiger partial charge on any atom is 0.310 e. The molecule has 0 atom stereocenters. The fourth-order valence-electron chi connectivity index (χ4n) is 2.24. The van der Waals surface area contributed by atoms with E-state index in [0.29, 0.717) is 11.4 Å². The third-order valence-electron chi connectivity index (χ3n) is 3.47. The standard InChI is InChI=1S/C13H12ClNO2/c14-9-1-2-11-8(5-9)6-10(15-11)7-13(3-4-13)12(16)17/h1-2,5-6,15H,3-4,7H2,(H,16,17). The number of nitrogens with one attached hydrogen (secondary N) is 1. The summed E-state index contributed by atoms with van der Waals surface area (Å²) in [6, 6.07) is 7.62. The first-order valence-electron chi connectivity index (χ1n) is 5.60. The highest BCUT2D eigenvalue weighted by molar-refractivity contribution is 6.31. The number of rotatable bonds is 3. The third-order valence-corrected chi connectivity index (χ3v) is 3.71. The van der Waals surface area contributed by atoms with Crippen LogP contribution >= 0.6 is 11.6 Å². The van der Waals surface area contributed by atoms with Gasteiger partial charge in [-0.2, -0.15) is 0 Å². The summed E-state index contributed by atoms with van der Waals surface area (Å²) in [5.74, 6) is -0.686. The monoisotopic (exact) mass is 249 g/mol. The van der Waals surface area contributed by atoms with E-state index in [1.807, 2.05) is 24.3 Å². The van der Waals surface area contributed by atoms with E-state index >= 15 is 0 Å². The number of aliphatic carboxylic acids is 1. The van der Waals surface area contributed by atoms with E-state index in [2.05, 4.69) is 4.98 Å². The van der Waals surface area contributed by atoms with Gasteiger partial charge in [0.25, 0.3) is 0 Å². The maximum absolute atomic E-state index is 11.1. The Morgan fingerprint density at radius 2 is 2.18 bits per heavy atom. The number of hydrogen-bond acceptors (Lipinski definition) is 1. The number of halogens is 1. The molecule has 1 saturated carbocycles. The maximum atomic E-state index is 11.1. The molecule has 1 aliphatic rings. The first kappa shape index (κ1) is 10.7. The second kappa shape index (κ2) is 3.50. The molecule has 2 N–H and O–H groups in total. The van der Waals surface area contributed by atoms with E-state index in [1.54, 1.807) is 0 Å². The van der Waals surface area contributed by atoms with Gasteiger partial charge >= 0.3 is 5.97 Å². The van der Waals surface area contributed by atoms with Gasteiger partial charge in [-0.15, -0.1) is 0 Å². The van der Waals surface area contributed by atoms with Gasteiger partial charge in [0.2, 0.25) is 0 Å². The molecule has 3 rings (SSSR count). The lowest BCUT2D eigenvalue weighted by molar-refractivity contribution is -0.143. The van der Waals surface area contributed by atoms with Crippen LogP contribution in [0.15, 0.2) is 24.3 Å². The summed E-state index contributed by atoms with van der Waals surface area (Å²) < 4.78 is 0. The van der Waals surface area contributed by atoms with Crippen molar-refractivity contribution in [1.82, 2.24) is 4.98 Å². The van der Waals surface area contributed by atoms with Gasteiger partial charge in [-0.25, -0.2) is 0 Å². The number of aromatic amines is 1. The van der Waals surface area contributed by atoms with Crippen LogP contribution in [0.5, 0.6) is 0 Å². The Balaban J connectivity index is 1.94. The van der Waals surface area contributed by atoms with Crippen LogP contribution in [-0.4, -0.2) is 16.1 Å². The van der Waals surface area contributed by atoms with E-state index in [-0.39, 0.29) is 0 Å². The molecule has 0 spiro atoms. The normalized spacial score (nSPS) is 17.2. The lowest BCUT2D eigenvalue weighted by atomic mass is 10.0. The lowest BCUT2D eigenvalue weighted by Crippen LogP contribution is -2.17. The van der Waals surface area contributed by atoms with Gasteiger partial charge in [-0.3, -0.25) is 4.79 Å². The molecular formula is C13H12ClNO2. The number of benzene rings is 1. The van der Waals surface area contributed by atoms with E-state index in [4.69, 9.17) is 16.7 Å². The highest BCUT2D eigenvalue weighted by atomic mass is 35.5. The Bertz CT molecular complexity index is 598. The molecule has 0 aliphatic heterocycles. The van der Waals surface area contributed by atoms with E-state index in [0.717, 1.165) is 29.4 Å². The van der Waals surface area contributed by atoms with Crippen LogP contribution in [0.2, 0.25) is 5.02 Å². The first-order chi connectivity index (χ1) is 8.09. The Hall–Kier alpha value is -1.48. The molecule has 2 aromatic rings. The number of carboxylic acids is 1. The van der Waals surface area contributed by atoms with Crippen LogP contribution in [0.3, 0.4) is 0 Å². The van der Waals surface area contributed by atoms with Gasteiger partial charge < -0.3 is 10.1 Å². The predicted molar refractivity (Wildman–Crippen MR) is 66.3 cm³/mol. The zero-order valence-electron chi connectivity index (χ0n) is 9.16. The van der Waals surface area contributed by atoms with E-state index < -0.39 is 11.4 Å². The molecule has 0 unspecified atom stereocenters. The van der Waals surface area contributed by atoms with Gasteiger partial charge in [0, 0.05) is 28.0 Å². The van der Waals surface area contributed by atoms with E-state index in [9.17, 15) is 4.79 Å². The SMILES string of the molecule is O=C(O)C1(Cc2cc3cc(Cl)ccc3[nH]2)CC1. The largest absolute Gasteiger partial charge is 0.481 e. The molecular weight excluding hydrogens is 238 g/mol. The van der Waals surface area contributed by atoms with Gasteiger partial charge in [0.05, 0.1) is 5.41 Å². The smallest absolute Gasteiger partial charge is 0.310 e. The van der Waals surface area contributed by atoms with Crippen molar-refractivity contribution in [1.29, 1.82) is 0 Å². The Morgan fingerprint density at radius 1 is 1.41 bits per heavy atom. The molecule has 0 amide bonds. The average Bonchev–Trinajstić information content (AvgIpc) is 2.93. The Kier molecular flexibility index (Phi) is 2.20. The first-order valence-corrected chi connectivity index (χ1v) is 5.97. The van der Waals surface area contributed by atoms with E-state index in [1.165, 1.54) is 0 Å². The van der Waals surface area contributed by atoms with Crippen molar-refractivity contribution in [2.24, 2.45) is 5.41 Å². The summed E-state index contributed by atoms with van der Waals surface area (Å²) in [7, 11) is 0. The molecule has 1 aliphatic carbocycles. The van der Waals surface area contributed by atoms with Crippen LogP contribution < -0.4 is 0 Å². The molecule has 0 bridgehead atoms. The summed E-state index contributed by atoms with van der Waals surface area (Å²) in [4.78, 5) is 14.4. The summed E-state index contributed by atoms with van der Waals surface area (Å²) in [5.41, 5.74) is 1.46. The van der Waals surface area contributed by atoms with Crippen molar-refractivity contribution < 1.29 is 9.90 Å².